The highest BCUT2D eigenvalue weighted by Gasteiger charge is 2.32. The summed E-state index contributed by atoms with van der Waals surface area (Å²) in [6, 6.07) is 8.35. The molecule has 1 aromatic carbocycles. The summed E-state index contributed by atoms with van der Waals surface area (Å²) in [5, 5.41) is 11.9. The molecule has 2 nitrogen and oxygen atoms in total. The molecule has 21 heavy (non-hydrogen) atoms. The summed E-state index contributed by atoms with van der Waals surface area (Å²) in [5.74, 6) is 1.22. The van der Waals surface area contributed by atoms with Crippen LogP contribution in [0.5, 0.6) is 0 Å². The normalized spacial score (nSPS) is 25.1. The number of rotatable bonds is 2. The van der Waals surface area contributed by atoms with Crippen LogP contribution in [-0.2, 0) is 0 Å². The topological polar surface area (TPSA) is 36.0 Å². The van der Waals surface area contributed by atoms with Gasteiger partial charge in [-0.3, -0.25) is 0 Å². The van der Waals surface area contributed by atoms with Crippen molar-refractivity contribution in [2.24, 2.45) is 17.3 Å². The van der Waals surface area contributed by atoms with E-state index < -0.39 is 0 Å². The second-order valence-electron chi connectivity index (χ2n) is 7.75. The number of hydrogen-bond acceptors (Lipinski definition) is 1. The number of fused-ring (bicyclic) bond motifs is 1. The molecule has 1 aromatic heterocycles. The highest BCUT2D eigenvalue weighted by atomic mass is 16.3. The zero-order valence-corrected chi connectivity index (χ0v) is 13.4. The van der Waals surface area contributed by atoms with E-state index >= 15 is 0 Å². The molecule has 1 unspecified atom stereocenters. The highest BCUT2D eigenvalue weighted by Crippen LogP contribution is 2.43. The Balaban J connectivity index is 1.70. The molecule has 0 bridgehead atoms. The van der Waals surface area contributed by atoms with Gasteiger partial charge in [0.05, 0.1) is 6.10 Å². The number of nitrogens with one attached hydrogen (secondary N) is 1. The third-order valence-corrected chi connectivity index (χ3v) is 5.36. The average molecular weight is 285 g/mol. The number of aromatic nitrogens is 1. The summed E-state index contributed by atoms with van der Waals surface area (Å²) < 4.78 is 0. The maximum Gasteiger partial charge on any atom is 0.0818 e. The zero-order valence-electron chi connectivity index (χ0n) is 13.4. The summed E-state index contributed by atoms with van der Waals surface area (Å²) in [6.07, 6.45) is 6.43. The van der Waals surface area contributed by atoms with Crippen molar-refractivity contribution in [3.8, 4) is 0 Å². The van der Waals surface area contributed by atoms with Crippen molar-refractivity contribution in [3.63, 3.8) is 0 Å². The van der Waals surface area contributed by atoms with E-state index in [4.69, 9.17) is 0 Å². The van der Waals surface area contributed by atoms with Crippen LogP contribution in [0.1, 0.15) is 58.1 Å². The number of aromatic amines is 1. The van der Waals surface area contributed by atoms with Crippen LogP contribution in [0.15, 0.2) is 30.5 Å². The maximum atomic E-state index is 10.7. The number of aliphatic hydroxyl groups is 1. The first-order chi connectivity index (χ1) is 9.95. The molecule has 2 heteroatoms. The molecular formula is C19H27NO. The molecule has 1 atom stereocenters. The molecule has 1 aliphatic carbocycles. The Morgan fingerprint density at radius 1 is 1.10 bits per heavy atom. The Morgan fingerprint density at radius 3 is 2.48 bits per heavy atom. The van der Waals surface area contributed by atoms with Gasteiger partial charge >= 0.3 is 0 Å². The number of hydrogen-bond donors (Lipinski definition) is 2. The first-order valence-electron chi connectivity index (χ1n) is 8.20. The fourth-order valence-corrected chi connectivity index (χ4v) is 3.83. The second-order valence-corrected chi connectivity index (χ2v) is 7.75. The molecule has 0 radical (unpaired) electrons. The van der Waals surface area contributed by atoms with Gasteiger partial charge < -0.3 is 10.1 Å². The van der Waals surface area contributed by atoms with Crippen molar-refractivity contribution in [1.82, 2.24) is 4.98 Å². The summed E-state index contributed by atoms with van der Waals surface area (Å²) in [7, 11) is 0. The van der Waals surface area contributed by atoms with E-state index in [1.807, 2.05) is 6.20 Å². The van der Waals surface area contributed by atoms with E-state index in [0.29, 0.717) is 11.3 Å². The first kappa shape index (κ1) is 14.6. The fourth-order valence-electron chi connectivity index (χ4n) is 3.83. The Labute approximate surface area is 127 Å². The largest absolute Gasteiger partial charge is 0.388 e. The molecule has 0 saturated heterocycles. The van der Waals surface area contributed by atoms with Gasteiger partial charge in [0.1, 0.15) is 0 Å². The molecule has 1 fully saturated rings. The third kappa shape index (κ3) is 3.01. The second kappa shape index (κ2) is 5.49. The van der Waals surface area contributed by atoms with Crippen LogP contribution in [0.3, 0.4) is 0 Å². The Kier molecular flexibility index (Phi) is 3.83. The fraction of sp³-hybridized carbons (Fsp3) is 0.579. The van der Waals surface area contributed by atoms with Crippen LogP contribution < -0.4 is 0 Å². The van der Waals surface area contributed by atoms with Gasteiger partial charge in [0.2, 0.25) is 0 Å². The van der Waals surface area contributed by atoms with Gasteiger partial charge in [-0.2, -0.15) is 0 Å². The van der Waals surface area contributed by atoms with Crippen LogP contribution in [-0.4, -0.2) is 10.1 Å². The number of aliphatic hydroxyl groups excluding tert-OH is 1. The van der Waals surface area contributed by atoms with Gasteiger partial charge in [-0.05, 0) is 72.1 Å². The molecule has 1 saturated carbocycles. The highest BCUT2D eigenvalue weighted by molar-refractivity contribution is 5.80. The summed E-state index contributed by atoms with van der Waals surface area (Å²) in [5.41, 5.74) is 2.61. The van der Waals surface area contributed by atoms with Crippen molar-refractivity contribution < 1.29 is 5.11 Å². The van der Waals surface area contributed by atoms with E-state index in [1.165, 1.54) is 18.2 Å². The van der Waals surface area contributed by atoms with Crippen molar-refractivity contribution in [2.45, 2.75) is 52.6 Å². The Morgan fingerprint density at radius 2 is 1.81 bits per heavy atom. The average Bonchev–Trinajstić information content (AvgIpc) is 2.93. The van der Waals surface area contributed by atoms with Gasteiger partial charge in [0, 0.05) is 11.7 Å². The van der Waals surface area contributed by atoms with Gasteiger partial charge in [0.25, 0.3) is 0 Å². The molecule has 0 amide bonds. The lowest BCUT2D eigenvalue weighted by molar-refractivity contribution is 0.0529. The molecule has 1 heterocycles. The molecular weight excluding hydrogens is 258 g/mol. The molecule has 0 aliphatic heterocycles. The molecule has 0 spiro atoms. The Bertz CT molecular complexity index is 599. The van der Waals surface area contributed by atoms with Gasteiger partial charge in [-0.1, -0.05) is 26.8 Å². The monoisotopic (exact) mass is 285 g/mol. The molecule has 2 N–H and O–H groups in total. The van der Waals surface area contributed by atoms with Crippen molar-refractivity contribution in [3.05, 3.63) is 36.0 Å². The van der Waals surface area contributed by atoms with Crippen LogP contribution in [0.25, 0.3) is 10.9 Å². The molecule has 2 aromatic rings. The van der Waals surface area contributed by atoms with Gasteiger partial charge in [0.15, 0.2) is 0 Å². The van der Waals surface area contributed by atoms with E-state index in [-0.39, 0.29) is 6.10 Å². The third-order valence-electron chi connectivity index (χ3n) is 5.36. The number of H-pyrrole nitrogens is 1. The van der Waals surface area contributed by atoms with Crippen LogP contribution in [0.4, 0.5) is 0 Å². The number of benzene rings is 1. The lowest BCUT2D eigenvalue weighted by Crippen LogP contribution is -2.28. The quantitative estimate of drug-likeness (QED) is 0.795. The zero-order chi connectivity index (χ0) is 15.0. The van der Waals surface area contributed by atoms with E-state index in [9.17, 15) is 5.11 Å². The predicted octanol–water partition coefficient (Wildman–Crippen LogP) is 5.05. The van der Waals surface area contributed by atoms with Crippen LogP contribution >= 0.6 is 0 Å². The summed E-state index contributed by atoms with van der Waals surface area (Å²) >= 11 is 0. The van der Waals surface area contributed by atoms with Crippen molar-refractivity contribution in [2.75, 3.05) is 0 Å². The smallest absolute Gasteiger partial charge is 0.0818 e. The lowest BCUT2D eigenvalue weighted by atomic mass is 9.68. The van der Waals surface area contributed by atoms with Crippen molar-refractivity contribution in [1.29, 1.82) is 0 Å². The molecule has 114 valence electrons. The van der Waals surface area contributed by atoms with Crippen LogP contribution in [0, 0.1) is 17.3 Å². The SMILES string of the molecule is CC(C)(C)C1CCC(C(O)c2ccc3[nH]ccc3c2)CC1. The minimum atomic E-state index is -0.315. The summed E-state index contributed by atoms with van der Waals surface area (Å²) in [6.45, 7) is 7.02. The van der Waals surface area contributed by atoms with E-state index in [0.717, 1.165) is 29.8 Å². The first-order valence-corrected chi connectivity index (χ1v) is 8.20. The van der Waals surface area contributed by atoms with Gasteiger partial charge in [-0.15, -0.1) is 0 Å². The summed E-state index contributed by atoms with van der Waals surface area (Å²) in [4.78, 5) is 3.21. The van der Waals surface area contributed by atoms with Gasteiger partial charge in [-0.25, -0.2) is 0 Å². The minimum absolute atomic E-state index is 0.315. The molecule has 1 aliphatic rings. The molecule has 3 rings (SSSR count). The van der Waals surface area contributed by atoms with Crippen LogP contribution in [0.2, 0.25) is 0 Å². The maximum absolute atomic E-state index is 10.7. The van der Waals surface area contributed by atoms with Crippen molar-refractivity contribution >= 4 is 10.9 Å². The lowest BCUT2D eigenvalue weighted by Gasteiger charge is -2.38. The van der Waals surface area contributed by atoms with E-state index in [2.05, 4.69) is 50.0 Å². The predicted molar refractivity (Wildman–Crippen MR) is 88.2 cm³/mol. The standard InChI is InChI=1S/C19H27NO/c1-19(2,3)16-7-4-13(5-8-16)18(21)15-6-9-17-14(12-15)10-11-20-17/h6,9-13,16,18,20-21H,4-5,7-8H2,1-3H3. The van der Waals surface area contributed by atoms with E-state index in [1.54, 1.807) is 0 Å². The Hall–Kier alpha value is -1.28. The minimum Gasteiger partial charge on any atom is -0.388 e.